The van der Waals surface area contributed by atoms with Gasteiger partial charge in [0.1, 0.15) is 0 Å². The molecule has 1 aromatic rings. The molecule has 4 heteroatoms. The van der Waals surface area contributed by atoms with Gasteiger partial charge < -0.3 is 5.73 Å². The summed E-state index contributed by atoms with van der Waals surface area (Å²) in [6.07, 6.45) is 0. The fourth-order valence-electron chi connectivity index (χ4n) is 1.90. The number of rotatable bonds is 3. The topological polar surface area (TPSA) is 60.2 Å². The van der Waals surface area contributed by atoms with E-state index in [4.69, 9.17) is 5.73 Å². The molecule has 0 amide bonds. The number of nitrogens with two attached hydrogens (primary N) is 1. The fraction of sp³-hybridized carbons (Fsp3) is 0.500. The molecule has 0 spiro atoms. The van der Waals surface area contributed by atoms with E-state index < -0.39 is 9.84 Å². The van der Waals surface area contributed by atoms with Crippen molar-refractivity contribution in [3.8, 4) is 0 Å². The van der Waals surface area contributed by atoms with E-state index in [2.05, 4.69) is 0 Å². The first-order valence-corrected chi connectivity index (χ1v) is 6.96. The van der Waals surface area contributed by atoms with Crippen LogP contribution in [0.4, 0.5) is 0 Å². The van der Waals surface area contributed by atoms with Crippen molar-refractivity contribution in [2.45, 2.75) is 32.6 Å². The molecule has 1 rings (SSSR count). The molecule has 0 unspecified atom stereocenters. The molecule has 0 saturated heterocycles. The molecule has 0 aliphatic carbocycles. The molecule has 0 saturated carbocycles. The van der Waals surface area contributed by atoms with Crippen LogP contribution < -0.4 is 5.73 Å². The molecule has 0 fully saturated rings. The highest BCUT2D eigenvalue weighted by Gasteiger charge is 2.21. The first-order valence-electron chi connectivity index (χ1n) is 5.31. The molecule has 16 heavy (non-hydrogen) atoms. The maximum Gasteiger partial charge on any atom is 0.180 e. The number of hydrogen-bond acceptors (Lipinski definition) is 3. The SMILES string of the molecule is Cc1cc(C)c(C)c(S(=O)(=O)CCN)c1C. The van der Waals surface area contributed by atoms with E-state index in [1.807, 2.05) is 33.8 Å². The van der Waals surface area contributed by atoms with Crippen LogP contribution >= 0.6 is 0 Å². The largest absolute Gasteiger partial charge is 0.329 e. The van der Waals surface area contributed by atoms with Crippen molar-refractivity contribution >= 4 is 9.84 Å². The molecule has 2 N–H and O–H groups in total. The summed E-state index contributed by atoms with van der Waals surface area (Å²) in [5.41, 5.74) is 9.06. The third-order valence-corrected chi connectivity index (χ3v) is 5.00. The third-order valence-electron chi connectivity index (χ3n) is 2.99. The Hall–Kier alpha value is -0.870. The fourth-order valence-corrected chi connectivity index (χ4v) is 3.67. The van der Waals surface area contributed by atoms with Crippen LogP contribution in [0.15, 0.2) is 11.0 Å². The summed E-state index contributed by atoms with van der Waals surface area (Å²) in [6.45, 7) is 7.73. The van der Waals surface area contributed by atoms with Gasteiger partial charge in [-0.1, -0.05) is 6.07 Å². The summed E-state index contributed by atoms with van der Waals surface area (Å²) >= 11 is 0. The summed E-state index contributed by atoms with van der Waals surface area (Å²) in [7, 11) is -3.24. The van der Waals surface area contributed by atoms with Gasteiger partial charge in [-0.15, -0.1) is 0 Å². The van der Waals surface area contributed by atoms with Gasteiger partial charge in [-0.2, -0.15) is 0 Å². The van der Waals surface area contributed by atoms with Crippen LogP contribution in [0.25, 0.3) is 0 Å². The van der Waals surface area contributed by atoms with Gasteiger partial charge in [-0.05, 0) is 49.9 Å². The van der Waals surface area contributed by atoms with Gasteiger partial charge in [0.05, 0.1) is 10.6 Å². The summed E-state index contributed by atoms with van der Waals surface area (Å²) < 4.78 is 24.2. The third kappa shape index (κ3) is 2.28. The van der Waals surface area contributed by atoms with Crippen LogP contribution in [-0.4, -0.2) is 20.7 Å². The molecule has 90 valence electrons. The lowest BCUT2D eigenvalue weighted by Crippen LogP contribution is -2.18. The monoisotopic (exact) mass is 241 g/mol. The Kier molecular flexibility index (Phi) is 3.76. The molecule has 3 nitrogen and oxygen atoms in total. The van der Waals surface area contributed by atoms with Crippen molar-refractivity contribution in [1.82, 2.24) is 0 Å². The van der Waals surface area contributed by atoms with Crippen molar-refractivity contribution in [3.05, 3.63) is 28.3 Å². The number of hydrogen-bond donors (Lipinski definition) is 1. The second-order valence-electron chi connectivity index (χ2n) is 4.20. The maximum atomic E-state index is 12.1. The van der Waals surface area contributed by atoms with Gasteiger partial charge in [0.25, 0.3) is 0 Å². The van der Waals surface area contributed by atoms with E-state index in [9.17, 15) is 8.42 Å². The lowest BCUT2D eigenvalue weighted by Gasteiger charge is -2.15. The summed E-state index contributed by atoms with van der Waals surface area (Å²) in [4.78, 5) is 0.468. The van der Waals surface area contributed by atoms with Crippen molar-refractivity contribution < 1.29 is 8.42 Å². The maximum absolute atomic E-state index is 12.1. The Morgan fingerprint density at radius 3 is 1.88 bits per heavy atom. The molecule has 0 aromatic heterocycles. The second-order valence-corrected chi connectivity index (χ2v) is 6.24. The number of sulfone groups is 1. The van der Waals surface area contributed by atoms with E-state index in [1.165, 1.54) is 0 Å². The van der Waals surface area contributed by atoms with Gasteiger partial charge in [-0.25, -0.2) is 8.42 Å². The van der Waals surface area contributed by atoms with Crippen molar-refractivity contribution in [2.75, 3.05) is 12.3 Å². The summed E-state index contributed by atoms with van der Waals surface area (Å²) in [5, 5.41) is 0. The predicted molar refractivity (Wildman–Crippen MR) is 66.5 cm³/mol. The molecule has 0 radical (unpaired) electrons. The molecular formula is C12H19NO2S. The Morgan fingerprint density at radius 1 is 1.06 bits per heavy atom. The number of benzene rings is 1. The van der Waals surface area contributed by atoms with Gasteiger partial charge in [-0.3, -0.25) is 0 Å². The van der Waals surface area contributed by atoms with E-state index in [0.717, 1.165) is 22.3 Å². The molecule has 0 bridgehead atoms. The lowest BCUT2D eigenvalue weighted by atomic mass is 10.0. The van der Waals surface area contributed by atoms with Crippen molar-refractivity contribution in [1.29, 1.82) is 0 Å². The van der Waals surface area contributed by atoms with Gasteiger partial charge >= 0.3 is 0 Å². The second kappa shape index (κ2) is 4.55. The molecule has 0 aliphatic rings. The lowest BCUT2D eigenvalue weighted by molar-refractivity contribution is 0.594. The first kappa shape index (κ1) is 13.2. The Bertz CT molecular complexity index is 478. The van der Waals surface area contributed by atoms with E-state index in [0.29, 0.717) is 4.90 Å². The number of aryl methyl sites for hydroxylation is 2. The van der Waals surface area contributed by atoms with Crippen LogP contribution in [0.3, 0.4) is 0 Å². The van der Waals surface area contributed by atoms with Crippen LogP contribution in [-0.2, 0) is 9.84 Å². The van der Waals surface area contributed by atoms with Gasteiger partial charge in [0.2, 0.25) is 0 Å². The summed E-state index contributed by atoms with van der Waals surface area (Å²) in [5.74, 6) is 0.0115. The van der Waals surface area contributed by atoms with Crippen LogP contribution in [0, 0.1) is 27.7 Å². The first-order chi connectivity index (χ1) is 7.31. The minimum Gasteiger partial charge on any atom is -0.329 e. The zero-order chi connectivity index (χ0) is 12.5. The van der Waals surface area contributed by atoms with E-state index in [1.54, 1.807) is 0 Å². The standard InChI is InChI=1S/C12H19NO2S/c1-8-7-9(2)11(4)12(10(8)3)16(14,15)6-5-13/h7H,5-6,13H2,1-4H3. The van der Waals surface area contributed by atoms with Gasteiger partial charge in [0.15, 0.2) is 9.84 Å². The normalized spacial score (nSPS) is 11.8. The minimum absolute atomic E-state index is 0.0115. The highest BCUT2D eigenvalue weighted by atomic mass is 32.2. The quantitative estimate of drug-likeness (QED) is 0.875. The Labute approximate surface area is 97.6 Å². The van der Waals surface area contributed by atoms with E-state index in [-0.39, 0.29) is 12.3 Å². The molecule has 0 aliphatic heterocycles. The molecule has 0 atom stereocenters. The van der Waals surface area contributed by atoms with E-state index >= 15 is 0 Å². The van der Waals surface area contributed by atoms with Crippen LogP contribution in [0.5, 0.6) is 0 Å². The Balaban J connectivity index is 3.56. The summed E-state index contributed by atoms with van der Waals surface area (Å²) in [6, 6.07) is 2.02. The zero-order valence-electron chi connectivity index (χ0n) is 10.3. The van der Waals surface area contributed by atoms with Crippen molar-refractivity contribution in [3.63, 3.8) is 0 Å². The smallest absolute Gasteiger partial charge is 0.180 e. The molecule has 1 aromatic carbocycles. The van der Waals surface area contributed by atoms with Crippen molar-refractivity contribution in [2.24, 2.45) is 5.73 Å². The van der Waals surface area contributed by atoms with Crippen LogP contribution in [0.2, 0.25) is 0 Å². The van der Waals surface area contributed by atoms with Gasteiger partial charge in [0, 0.05) is 6.54 Å². The predicted octanol–water partition coefficient (Wildman–Crippen LogP) is 1.65. The molecule has 0 heterocycles. The van der Waals surface area contributed by atoms with Crippen LogP contribution in [0.1, 0.15) is 22.3 Å². The zero-order valence-corrected chi connectivity index (χ0v) is 11.1. The highest BCUT2D eigenvalue weighted by molar-refractivity contribution is 7.91. The Morgan fingerprint density at radius 2 is 1.50 bits per heavy atom. The average molecular weight is 241 g/mol. The average Bonchev–Trinajstić information content (AvgIpc) is 2.14. The highest BCUT2D eigenvalue weighted by Crippen LogP contribution is 2.26. The molecular weight excluding hydrogens is 222 g/mol. The minimum atomic E-state index is -3.24.